The molecular formula is C9H19NO3S. The van der Waals surface area contributed by atoms with E-state index in [-0.39, 0.29) is 0 Å². The van der Waals surface area contributed by atoms with Crippen molar-refractivity contribution in [2.45, 2.75) is 25.0 Å². The van der Waals surface area contributed by atoms with Gasteiger partial charge in [-0.25, -0.2) is 0 Å². The number of rotatable bonds is 5. The maximum atomic E-state index is 11.1. The first kappa shape index (κ1) is 12.1. The van der Waals surface area contributed by atoms with Gasteiger partial charge in [0.25, 0.3) is 0 Å². The predicted molar refractivity (Wildman–Crippen MR) is 56.8 cm³/mol. The van der Waals surface area contributed by atoms with Crippen molar-refractivity contribution in [3.05, 3.63) is 0 Å². The van der Waals surface area contributed by atoms with Crippen LogP contribution in [0.2, 0.25) is 0 Å². The first-order valence-electron chi connectivity index (χ1n) is 4.97. The number of aliphatic hydroxyl groups excluding tert-OH is 1. The molecule has 1 unspecified atom stereocenters. The van der Waals surface area contributed by atoms with E-state index < -0.39 is 16.9 Å². The topological polar surface area (TPSA) is 58.6 Å². The van der Waals surface area contributed by atoms with Gasteiger partial charge in [0.15, 0.2) is 0 Å². The zero-order chi connectivity index (χ0) is 10.4. The SMILES string of the molecule is COCC(O)CNC1CCS(=O)CC1. The van der Waals surface area contributed by atoms with Crippen LogP contribution in [0.3, 0.4) is 0 Å². The molecule has 1 fully saturated rings. The second-order valence-electron chi connectivity index (χ2n) is 3.64. The lowest BCUT2D eigenvalue weighted by atomic mass is 10.1. The molecule has 0 spiro atoms. The van der Waals surface area contributed by atoms with E-state index in [2.05, 4.69) is 5.32 Å². The van der Waals surface area contributed by atoms with Crippen molar-refractivity contribution >= 4 is 10.8 Å². The fourth-order valence-electron chi connectivity index (χ4n) is 1.55. The molecular weight excluding hydrogens is 202 g/mol. The van der Waals surface area contributed by atoms with Crippen LogP contribution in [0.25, 0.3) is 0 Å². The van der Waals surface area contributed by atoms with E-state index in [4.69, 9.17) is 4.74 Å². The monoisotopic (exact) mass is 221 g/mol. The molecule has 0 aliphatic carbocycles. The van der Waals surface area contributed by atoms with Crippen molar-refractivity contribution in [1.29, 1.82) is 0 Å². The zero-order valence-corrected chi connectivity index (χ0v) is 9.39. The molecule has 1 aliphatic rings. The summed E-state index contributed by atoms with van der Waals surface area (Å²) in [5, 5.41) is 12.6. The minimum absolute atomic E-state index is 0.367. The van der Waals surface area contributed by atoms with Gasteiger partial charge in [-0.15, -0.1) is 0 Å². The maximum Gasteiger partial charge on any atom is 0.0897 e. The molecule has 1 aliphatic heterocycles. The normalized spacial score (nSPS) is 30.1. The predicted octanol–water partition coefficient (Wildman–Crippen LogP) is -0.506. The fourth-order valence-corrected chi connectivity index (χ4v) is 2.85. The second-order valence-corrected chi connectivity index (χ2v) is 5.34. The number of methoxy groups -OCH3 is 1. The molecule has 5 heteroatoms. The molecule has 0 saturated carbocycles. The maximum absolute atomic E-state index is 11.1. The van der Waals surface area contributed by atoms with Gasteiger partial charge < -0.3 is 15.2 Å². The summed E-state index contributed by atoms with van der Waals surface area (Å²) in [4.78, 5) is 0. The number of aliphatic hydroxyl groups is 1. The molecule has 0 amide bonds. The average molecular weight is 221 g/mol. The van der Waals surface area contributed by atoms with Crippen molar-refractivity contribution in [1.82, 2.24) is 5.32 Å². The van der Waals surface area contributed by atoms with Gasteiger partial charge in [-0.3, -0.25) is 4.21 Å². The van der Waals surface area contributed by atoms with Crippen LogP contribution in [0.4, 0.5) is 0 Å². The lowest BCUT2D eigenvalue weighted by Gasteiger charge is -2.23. The summed E-state index contributed by atoms with van der Waals surface area (Å²) in [5.74, 6) is 1.58. The number of nitrogens with one attached hydrogen (secondary N) is 1. The van der Waals surface area contributed by atoms with Gasteiger partial charge in [-0.1, -0.05) is 0 Å². The Morgan fingerprint density at radius 2 is 2.21 bits per heavy atom. The summed E-state index contributed by atoms with van der Waals surface area (Å²) >= 11 is 0. The Labute approximate surface area is 87.5 Å². The molecule has 1 saturated heterocycles. The molecule has 1 rings (SSSR count). The van der Waals surface area contributed by atoms with Crippen LogP contribution in [0, 0.1) is 0 Å². The molecule has 2 N–H and O–H groups in total. The van der Waals surface area contributed by atoms with Crippen LogP contribution >= 0.6 is 0 Å². The quantitative estimate of drug-likeness (QED) is 0.657. The summed E-state index contributed by atoms with van der Waals surface area (Å²) < 4.78 is 15.9. The fraction of sp³-hybridized carbons (Fsp3) is 1.00. The Bertz CT molecular complexity index is 179. The summed E-state index contributed by atoms with van der Waals surface area (Å²) in [7, 11) is 0.971. The minimum atomic E-state index is -0.606. The van der Waals surface area contributed by atoms with Crippen LogP contribution in [0.5, 0.6) is 0 Å². The highest BCUT2D eigenvalue weighted by molar-refractivity contribution is 7.85. The van der Waals surface area contributed by atoms with Crippen LogP contribution in [-0.2, 0) is 15.5 Å². The van der Waals surface area contributed by atoms with E-state index in [0.29, 0.717) is 19.2 Å². The van der Waals surface area contributed by atoms with E-state index in [1.807, 2.05) is 0 Å². The van der Waals surface area contributed by atoms with Crippen LogP contribution < -0.4 is 5.32 Å². The smallest absolute Gasteiger partial charge is 0.0897 e. The van der Waals surface area contributed by atoms with Crippen molar-refractivity contribution in [2.24, 2.45) is 0 Å². The second kappa shape index (κ2) is 6.50. The average Bonchev–Trinajstić information content (AvgIpc) is 2.17. The highest BCUT2D eigenvalue weighted by Crippen LogP contribution is 2.08. The summed E-state index contributed by atoms with van der Waals surface area (Å²) in [6.45, 7) is 0.927. The van der Waals surface area contributed by atoms with Gasteiger partial charge in [-0.05, 0) is 12.8 Å². The van der Waals surface area contributed by atoms with Crippen LogP contribution in [0.1, 0.15) is 12.8 Å². The number of hydrogen-bond donors (Lipinski definition) is 2. The Kier molecular flexibility index (Phi) is 5.62. The summed E-state index contributed by atoms with van der Waals surface area (Å²) in [6, 6.07) is 0.416. The van der Waals surface area contributed by atoms with E-state index in [1.165, 1.54) is 0 Å². The molecule has 0 aromatic heterocycles. The van der Waals surface area contributed by atoms with E-state index in [9.17, 15) is 9.32 Å². The van der Waals surface area contributed by atoms with Gasteiger partial charge in [0.2, 0.25) is 0 Å². The van der Waals surface area contributed by atoms with Crippen molar-refractivity contribution < 1.29 is 14.1 Å². The lowest BCUT2D eigenvalue weighted by molar-refractivity contribution is 0.0625. The Morgan fingerprint density at radius 1 is 1.57 bits per heavy atom. The van der Waals surface area contributed by atoms with E-state index in [0.717, 1.165) is 24.3 Å². The summed E-state index contributed by atoms with van der Waals surface area (Å²) in [5.41, 5.74) is 0. The van der Waals surface area contributed by atoms with Gasteiger partial charge in [0.05, 0.1) is 12.7 Å². The minimum Gasteiger partial charge on any atom is -0.389 e. The Balaban J connectivity index is 2.09. The van der Waals surface area contributed by atoms with E-state index >= 15 is 0 Å². The molecule has 4 nitrogen and oxygen atoms in total. The Hall–Kier alpha value is 0.0300. The van der Waals surface area contributed by atoms with Crippen LogP contribution in [-0.4, -0.2) is 53.2 Å². The van der Waals surface area contributed by atoms with Crippen molar-refractivity contribution in [3.8, 4) is 0 Å². The highest BCUT2D eigenvalue weighted by Gasteiger charge is 2.17. The van der Waals surface area contributed by atoms with Gasteiger partial charge in [-0.2, -0.15) is 0 Å². The molecule has 0 radical (unpaired) electrons. The van der Waals surface area contributed by atoms with Crippen molar-refractivity contribution in [3.63, 3.8) is 0 Å². The van der Waals surface area contributed by atoms with E-state index in [1.54, 1.807) is 7.11 Å². The first-order valence-corrected chi connectivity index (χ1v) is 6.46. The molecule has 0 aromatic rings. The third-order valence-electron chi connectivity index (χ3n) is 2.39. The molecule has 0 aromatic carbocycles. The highest BCUT2D eigenvalue weighted by atomic mass is 32.2. The lowest BCUT2D eigenvalue weighted by Crippen LogP contribution is -2.40. The first-order chi connectivity index (χ1) is 6.72. The standard InChI is InChI=1S/C9H19NO3S/c1-13-7-9(11)6-10-8-2-4-14(12)5-3-8/h8-11H,2-7H2,1H3. The van der Waals surface area contributed by atoms with Crippen LogP contribution in [0.15, 0.2) is 0 Å². The number of hydrogen-bond acceptors (Lipinski definition) is 4. The van der Waals surface area contributed by atoms with Gasteiger partial charge in [0.1, 0.15) is 0 Å². The molecule has 1 atom stereocenters. The molecule has 0 bridgehead atoms. The third kappa shape index (κ3) is 4.50. The molecule has 14 heavy (non-hydrogen) atoms. The largest absolute Gasteiger partial charge is 0.389 e. The molecule has 1 heterocycles. The molecule has 84 valence electrons. The van der Waals surface area contributed by atoms with Gasteiger partial charge >= 0.3 is 0 Å². The third-order valence-corrected chi connectivity index (χ3v) is 3.77. The zero-order valence-electron chi connectivity index (χ0n) is 8.57. The van der Waals surface area contributed by atoms with Crippen molar-refractivity contribution in [2.75, 3.05) is 31.8 Å². The number of ether oxygens (including phenoxy) is 1. The summed E-state index contributed by atoms with van der Waals surface area (Å²) in [6.07, 6.45) is 1.46. The van der Waals surface area contributed by atoms with Gasteiger partial charge in [0, 0.05) is 42.0 Å². The Morgan fingerprint density at radius 3 is 2.79 bits per heavy atom.